The number of nitrogens with two attached hydrogens (primary N) is 1. The first kappa shape index (κ1) is 21.9. The zero-order valence-corrected chi connectivity index (χ0v) is 18.0. The van der Waals surface area contributed by atoms with Crippen LogP contribution >= 0.6 is 0 Å². The van der Waals surface area contributed by atoms with Crippen LogP contribution in [0.25, 0.3) is 11.1 Å². The second-order valence-electron chi connectivity index (χ2n) is 7.61. The Morgan fingerprint density at radius 3 is 2.48 bits per heavy atom. The molecule has 0 fully saturated rings. The molecule has 0 spiro atoms. The van der Waals surface area contributed by atoms with Crippen molar-refractivity contribution in [3.05, 3.63) is 91.5 Å². The fourth-order valence-electron chi connectivity index (χ4n) is 3.73. The van der Waals surface area contributed by atoms with Gasteiger partial charge in [0.1, 0.15) is 5.82 Å². The maximum Gasteiger partial charge on any atom is 0.419 e. The van der Waals surface area contributed by atoms with Crippen LogP contribution in [0.4, 0.5) is 11.5 Å². The summed E-state index contributed by atoms with van der Waals surface area (Å²) < 4.78 is 7.87. The molecule has 10 heteroatoms. The second kappa shape index (κ2) is 9.03. The zero-order chi connectivity index (χ0) is 23.5. The van der Waals surface area contributed by atoms with Gasteiger partial charge in [0.2, 0.25) is 5.91 Å². The molecule has 2 heterocycles. The van der Waals surface area contributed by atoms with Crippen molar-refractivity contribution in [1.82, 2.24) is 14.1 Å². The average Bonchev–Trinajstić information content (AvgIpc) is 3.12. The second-order valence-corrected chi connectivity index (χ2v) is 7.61. The summed E-state index contributed by atoms with van der Waals surface area (Å²) in [6.07, 6.45) is 0.396. The van der Waals surface area contributed by atoms with E-state index in [1.807, 2.05) is 30.3 Å². The molecule has 0 atom stereocenters. The maximum atomic E-state index is 12.8. The van der Waals surface area contributed by atoms with E-state index in [0.717, 1.165) is 10.5 Å². The number of nitrogen functional groups attached to an aromatic ring is 1. The molecule has 1 amide bonds. The van der Waals surface area contributed by atoms with Crippen LogP contribution in [0.3, 0.4) is 0 Å². The largest absolute Gasteiger partial charge is 0.419 e. The van der Waals surface area contributed by atoms with Gasteiger partial charge in [-0.2, -0.15) is 0 Å². The SMILES string of the molecule is CN(C(=O)CCCn1c(=O)oc2ccccc21)c1c(N)n(Cc2ccccc2)c(=O)[nH]c1=O. The lowest BCUT2D eigenvalue weighted by Crippen LogP contribution is -2.39. The molecule has 2 aromatic carbocycles. The van der Waals surface area contributed by atoms with Crippen molar-refractivity contribution < 1.29 is 9.21 Å². The van der Waals surface area contributed by atoms with E-state index >= 15 is 0 Å². The van der Waals surface area contributed by atoms with Crippen molar-refractivity contribution in [2.75, 3.05) is 17.7 Å². The van der Waals surface area contributed by atoms with Gasteiger partial charge in [-0.1, -0.05) is 42.5 Å². The van der Waals surface area contributed by atoms with Gasteiger partial charge in [0.05, 0.1) is 12.1 Å². The highest BCUT2D eigenvalue weighted by Gasteiger charge is 2.21. The Bertz CT molecular complexity index is 1480. The van der Waals surface area contributed by atoms with E-state index in [9.17, 15) is 19.2 Å². The number of rotatable bonds is 7. The molecule has 0 bridgehead atoms. The number of aromatic amines is 1. The van der Waals surface area contributed by atoms with Crippen LogP contribution in [0.5, 0.6) is 0 Å². The summed E-state index contributed by atoms with van der Waals surface area (Å²) in [6.45, 7) is 0.419. The van der Waals surface area contributed by atoms with Crippen LogP contribution in [0.2, 0.25) is 0 Å². The lowest BCUT2D eigenvalue weighted by atomic mass is 10.2. The van der Waals surface area contributed by atoms with E-state index in [1.54, 1.807) is 24.3 Å². The lowest BCUT2D eigenvalue weighted by Gasteiger charge is -2.20. The molecule has 4 rings (SSSR count). The van der Waals surface area contributed by atoms with Crippen LogP contribution in [0.15, 0.2) is 73.4 Å². The van der Waals surface area contributed by atoms with Crippen LogP contribution in [0.1, 0.15) is 18.4 Å². The Balaban J connectivity index is 1.51. The Morgan fingerprint density at radius 2 is 1.73 bits per heavy atom. The number of para-hydroxylation sites is 2. The Hall–Kier alpha value is -4.34. The van der Waals surface area contributed by atoms with Gasteiger partial charge in [-0.3, -0.25) is 23.7 Å². The van der Waals surface area contributed by atoms with Crippen LogP contribution in [0, 0.1) is 0 Å². The fraction of sp³-hybridized carbons (Fsp3) is 0.217. The number of anilines is 2. The number of oxazole rings is 1. The highest BCUT2D eigenvalue weighted by molar-refractivity contribution is 5.95. The van der Waals surface area contributed by atoms with Crippen molar-refractivity contribution in [2.24, 2.45) is 0 Å². The molecule has 0 radical (unpaired) electrons. The molecule has 2 aromatic heterocycles. The number of amides is 1. The normalized spacial score (nSPS) is 11.1. The topological polar surface area (TPSA) is 136 Å². The molecule has 4 aromatic rings. The Kier molecular flexibility index (Phi) is 5.99. The van der Waals surface area contributed by atoms with Crippen molar-refractivity contribution in [3.8, 4) is 0 Å². The van der Waals surface area contributed by atoms with Crippen LogP contribution in [-0.2, 0) is 17.9 Å². The first-order valence-electron chi connectivity index (χ1n) is 10.4. The molecule has 0 aliphatic heterocycles. The summed E-state index contributed by atoms with van der Waals surface area (Å²) in [5, 5.41) is 0. The highest BCUT2D eigenvalue weighted by atomic mass is 16.4. The molecule has 170 valence electrons. The predicted molar refractivity (Wildman–Crippen MR) is 124 cm³/mol. The van der Waals surface area contributed by atoms with Gasteiger partial charge in [-0.05, 0) is 24.1 Å². The molecule has 0 saturated heterocycles. The van der Waals surface area contributed by atoms with Crippen LogP contribution in [-0.4, -0.2) is 27.1 Å². The fourth-order valence-corrected chi connectivity index (χ4v) is 3.73. The van der Waals surface area contributed by atoms with E-state index < -0.39 is 17.0 Å². The molecule has 0 aliphatic rings. The third-order valence-electron chi connectivity index (χ3n) is 5.45. The minimum Gasteiger partial charge on any atom is -0.408 e. The minimum atomic E-state index is -0.741. The number of fused-ring (bicyclic) bond motifs is 1. The Labute approximate surface area is 187 Å². The summed E-state index contributed by atoms with van der Waals surface area (Å²) >= 11 is 0. The highest BCUT2D eigenvalue weighted by Crippen LogP contribution is 2.18. The summed E-state index contributed by atoms with van der Waals surface area (Å²) in [5.41, 5.74) is 6.60. The number of hydrogen-bond acceptors (Lipinski definition) is 6. The number of hydrogen-bond donors (Lipinski definition) is 2. The number of aromatic nitrogens is 3. The molecular formula is C23H23N5O5. The number of carbonyl (C=O) groups is 1. The van der Waals surface area contributed by atoms with Gasteiger partial charge in [-0.15, -0.1) is 0 Å². The van der Waals surface area contributed by atoms with Gasteiger partial charge in [0, 0.05) is 20.0 Å². The van der Waals surface area contributed by atoms with Crippen molar-refractivity contribution in [1.29, 1.82) is 0 Å². The molecular weight excluding hydrogens is 426 g/mol. The van der Waals surface area contributed by atoms with Crippen molar-refractivity contribution >= 4 is 28.5 Å². The lowest BCUT2D eigenvalue weighted by molar-refractivity contribution is -0.118. The molecule has 33 heavy (non-hydrogen) atoms. The quantitative estimate of drug-likeness (QED) is 0.439. The molecule has 0 unspecified atom stereocenters. The van der Waals surface area contributed by atoms with E-state index in [-0.39, 0.29) is 36.9 Å². The number of carbonyl (C=O) groups excluding carboxylic acids is 1. The number of nitrogens with one attached hydrogen (secondary N) is 1. The molecule has 10 nitrogen and oxygen atoms in total. The molecule has 0 saturated carbocycles. The van der Waals surface area contributed by atoms with Gasteiger partial charge in [-0.25, -0.2) is 9.59 Å². The van der Waals surface area contributed by atoms with E-state index in [4.69, 9.17) is 10.2 Å². The number of nitrogens with zero attached hydrogens (tertiary/aromatic N) is 3. The van der Waals surface area contributed by atoms with Gasteiger partial charge in [0.15, 0.2) is 11.3 Å². The zero-order valence-electron chi connectivity index (χ0n) is 18.0. The van der Waals surface area contributed by atoms with Crippen molar-refractivity contribution in [3.63, 3.8) is 0 Å². The van der Waals surface area contributed by atoms with Crippen LogP contribution < -0.4 is 27.6 Å². The number of aryl methyl sites for hydroxylation is 1. The minimum absolute atomic E-state index is 0.0547. The first-order valence-corrected chi connectivity index (χ1v) is 10.4. The summed E-state index contributed by atoms with van der Waals surface area (Å²) in [6, 6.07) is 16.2. The first-order chi connectivity index (χ1) is 15.9. The third-order valence-corrected chi connectivity index (χ3v) is 5.45. The number of H-pyrrole nitrogens is 1. The van der Waals surface area contributed by atoms with Gasteiger partial charge >= 0.3 is 11.4 Å². The van der Waals surface area contributed by atoms with E-state index in [0.29, 0.717) is 17.5 Å². The predicted octanol–water partition coefficient (Wildman–Crippen LogP) is 1.52. The van der Waals surface area contributed by atoms with Crippen molar-refractivity contribution in [2.45, 2.75) is 25.9 Å². The van der Waals surface area contributed by atoms with Gasteiger partial charge < -0.3 is 15.1 Å². The summed E-state index contributed by atoms with van der Waals surface area (Å²) in [5.74, 6) is -0.968. The van der Waals surface area contributed by atoms with E-state index in [2.05, 4.69) is 4.98 Å². The maximum absolute atomic E-state index is 12.8. The molecule has 0 aliphatic carbocycles. The summed E-state index contributed by atoms with van der Waals surface area (Å²) in [7, 11) is 1.43. The number of benzene rings is 2. The Morgan fingerprint density at radius 1 is 1.03 bits per heavy atom. The summed E-state index contributed by atoms with van der Waals surface area (Å²) in [4.78, 5) is 53.1. The third kappa shape index (κ3) is 4.36. The monoisotopic (exact) mass is 449 g/mol. The molecule has 3 N–H and O–H groups in total. The average molecular weight is 449 g/mol. The van der Waals surface area contributed by atoms with E-state index in [1.165, 1.54) is 16.2 Å². The smallest absolute Gasteiger partial charge is 0.408 e. The van der Waals surface area contributed by atoms with Gasteiger partial charge in [0.25, 0.3) is 5.56 Å². The standard InChI is InChI=1S/C23H23N5O5/c1-26(18(29)12-7-13-27-16-10-5-6-11-17(16)33-23(27)32)19-20(24)28(22(31)25-21(19)30)14-15-8-3-2-4-9-15/h2-6,8-11H,7,12-14,24H2,1H3,(H,25,30,31).